The number of rotatable bonds is 19. The molecule has 1 aliphatic heterocycles. The smallest absolute Gasteiger partial charge is 0.251 e. The lowest BCUT2D eigenvalue weighted by molar-refractivity contribution is -0.126. The summed E-state index contributed by atoms with van der Waals surface area (Å²) in [6.07, 6.45) is -0.0191. The highest BCUT2D eigenvalue weighted by Crippen LogP contribution is 2.38. The highest BCUT2D eigenvalue weighted by molar-refractivity contribution is 8.77. The van der Waals surface area contributed by atoms with Gasteiger partial charge in [0.1, 0.15) is 30.5 Å². The van der Waals surface area contributed by atoms with Crippen LogP contribution in [-0.2, 0) is 23.7 Å². The fourth-order valence-corrected chi connectivity index (χ4v) is 5.91. The van der Waals surface area contributed by atoms with Crippen molar-refractivity contribution in [1.82, 2.24) is 10.6 Å². The Bertz CT molecular complexity index is 1040. The summed E-state index contributed by atoms with van der Waals surface area (Å²) >= 11 is 0. The second-order valence-electron chi connectivity index (χ2n) is 10.4. The third-order valence-electron chi connectivity index (χ3n) is 5.68. The fourth-order valence-electron chi connectivity index (χ4n) is 3.72. The molecule has 1 aromatic carbocycles. The lowest BCUT2D eigenvalue weighted by Gasteiger charge is -2.22. The average molecular weight is 641 g/mol. The van der Waals surface area contributed by atoms with Crippen molar-refractivity contribution in [2.75, 3.05) is 59.4 Å². The molecule has 1 fully saturated rings. The summed E-state index contributed by atoms with van der Waals surface area (Å²) < 4.78 is 28.5. The van der Waals surface area contributed by atoms with E-state index in [-0.39, 0.29) is 80.4 Å². The van der Waals surface area contributed by atoms with E-state index in [0.29, 0.717) is 38.1 Å². The molecule has 0 aliphatic carbocycles. The minimum absolute atomic E-state index is 0.0120. The quantitative estimate of drug-likeness (QED) is 0.0458. The monoisotopic (exact) mass is 640 g/mol. The first kappa shape index (κ1) is 37.2. The van der Waals surface area contributed by atoms with Gasteiger partial charge in [0.15, 0.2) is 0 Å². The zero-order chi connectivity index (χ0) is 31.5. The molecule has 1 saturated heterocycles. The molecule has 0 aromatic heterocycles. The van der Waals surface area contributed by atoms with Gasteiger partial charge < -0.3 is 50.9 Å². The van der Waals surface area contributed by atoms with Gasteiger partial charge in [0, 0.05) is 29.4 Å². The first-order chi connectivity index (χ1) is 20.6. The average Bonchev–Trinajstić information content (AvgIpc) is 3.37. The van der Waals surface area contributed by atoms with E-state index in [9.17, 15) is 14.7 Å². The van der Waals surface area contributed by atoms with E-state index in [1.54, 1.807) is 45.9 Å². The number of ether oxygens (including phenoxy) is 5. The first-order valence-electron chi connectivity index (χ1n) is 14.2. The van der Waals surface area contributed by atoms with Crippen molar-refractivity contribution in [3.05, 3.63) is 29.8 Å². The van der Waals surface area contributed by atoms with Gasteiger partial charge in [-0.1, -0.05) is 54.3 Å². The molecule has 0 spiro atoms. The maximum atomic E-state index is 12.2. The van der Waals surface area contributed by atoms with Gasteiger partial charge in [-0.25, -0.2) is 0 Å². The predicted molar refractivity (Wildman–Crippen MR) is 171 cm³/mol. The zero-order valence-corrected chi connectivity index (χ0v) is 26.8. The van der Waals surface area contributed by atoms with Gasteiger partial charge in [0.25, 0.3) is 5.91 Å². The molecule has 1 heterocycles. The molecule has 15 heteroatoms. The molecule has 7 N–H and O–H groups in total. The molecule has 12 nitrogen and oxygen atoms in total. The number of benzene rings is 1. The number of nitrogens with one attached hydrogen (secondary N) is 2. The summed E-state index contributed by atoms with van der Waals surface area (Å²) in [5.41, 5.74) is 11.1. The van der Waals surface area contributed by atoms with E-state index >= 15 is 0 Å². The van der Waals surface area contributed by atoms with Crippen molar-refractivity contribution in [3.63, 3.8) is 0 Å². The Labute approximate surface area is 263 Å². The van der Waals surface area contributed by atoms with Crippen molar-refractivity contribution in [2.24, 2.45) is 11.5 Å². The van der Waals surface area contributed by atoms with E-state index in [1.807, 2.05) is 0 Å². The molecule has 0 saturated carbocycles. The van der Waals surface area contributed by atoms with Crippen LogP contribution in [0.25, 0.3) is 0 Å². The minimum atomic E-state index is -0.395. The Kier molecular flexibility index (Phi) is 18.1. The summed E-state index contributed by atoms with van der Waals surface area (Å²) in [5.74, 6) is 5.94. The van der Waals surface area contributed by atoms with Crippen LogP contribution in [0.1, 0.15) is 37.6 Å². The summed E-state index contributed by atoms with van der Waals surface area (Å²) in [5, 5.41) is 14.8. The van der Waals surface area contributed by atoms with Crippen LogP contribution in [0.2, 0.25) is 0 Å². The highest BCUT2D eigenvalue weighted by atomic mass is 33.1. The Morgan fingerprint density at radius 2 is 2.07 bits per heavy atom. The Hall–Kier alpha value is -2.00. The molecule has 1 aromatic rings. The fraction of sp³-hybridized carbons (Fsp3) is 0.643. The zero-order valence-electron chi connectivity index (χ0n) is 25.2. The molecule has 2 amide bonds. The number of hydrogen-bond donors (Lipinski definition) is 5. The SMILES string of the molecule is CC(C)(C)SSC(COc1cccc(C(=O)NCCN)c1)OCCOCC(=O)NCC#CB[C@H]1C[C@@H](OCN)C(CO)O1. The number of nitrogens with two attached hydrogens (primary N) is 2. The van der Waals surface area contributed by atoms with Gasteiger partial charge in [-0.15, -0.1) is 0 Å². The molecule has 0 radical (unpaired) electrons. The summed E-state index contributed by atoms with van der Waals surface area (Å²) in [4.78, 5) is 24.3. The summed E-state index contributed by atoms with van der Waals surface area (Å²) in [6.45, 7) is 7.86. The van der Waals surface area contributed by atoms with E-state index in [4.69, 9.17) is 35.2 Å². The molecule has 4 atom stereocenters. The molecule has 2 rings (SSSR count). The molecule has 0 bridgehead atoms. The van der Waals surface area contributed by atoms with Gasteiger partial charge in [0.05, 0.1) is 39.2 Å². The van der Waals surface area contributed by atoms with E-state index in [1.165, 1.54) is 0 Å². The molecular weight excluding hydrogens is 595 g/mol. The number of hydrogen-bond acceptors (Lipinski definition) is 12. The topological polar surface area (TPSA) is 177 Å². The van der Waals surface area contributed by atoms with Gasteiger partial charge in [-0.05, 0) is 24.6 Å². The third kappa shape index (κ3) is 16.0. The van der Waals surface area contributed by atoms with Crippen molar-refractivity contribution in [3.8, 4) is 17.5 Å². The number of aliphatic hydroxyl groups excluding tert-OH is 1. The van der Waals surface area contributed by atoms with Crippen molar-refractivity contribution < 1.29 is 38.4 Å². The number of aliphatic hydroxyl groups is 1. The van der Waals surface area contributed by atoms with Crippen LogP contribution in [0.3, 0.4) is 0 Å². The van der Waals surface area contributed by atoms with Gasteiger partial charge >= 0.3 is 0 Å². The highest BCUT2D eigenvalue weighted by Gasteiger charge is 2.35. The maximum Gasteiger partial charge on any atom is 0.251 e. The molecule has 43 heavy (non-hydrogen) atoms. The number of carbonyl (C=O) groups excluding carboxylic acids is 2. The maximum absolute atomic E-state index is 12.2. The van der Waals surface area contributed by atoms with Gasteiger partial charge in [-0.2, -0.15) is 5.82 Å². The second kappa shape index (κ2) is 20.9. The molecule has 1 aliphatic rings. The van der Waals surface area contributed by atoms with Crippen LogP contribution in [0.15, 0.2) is 24.3 Å². The standard InChI is InChI=1S/C28H45BN4O8S2/c1-28(2,3)43-42-26(18-39-21-7-4-6-20(14-21)27(36)33-11-9-30)38-13-12-37-17-25(35)32-10-5-8-29-24-15-22(40-19-31)23(16-34)41-24/h4,6-7,14,22-24,26,29,34H,9-13,15-19,30-31H2,1-3H3,(H,32,35)(H,33,36)/t22-,23?,24-,26?/m1/s1. The van der Waals surface area contributed by atoms with Crippen molar-refractivity contribution in [1.29, 1.82) is 0 Å². The minimum Gasteiger partial charge on any atom is -0.490 e. The number of carbonyl (C=O) groups is 2. The third-order valence-corrected chi connectivity index (χ3v) is 9.19. The van der Waals surface area contributed by atoms with Crippen LogP contribution >= 0.6 is 21.6 Å². The van der Waals surface area contributed by atoms with E-state index in [2.05, 4.69) is 43.1 Å². The van der Waals surface area contributed by atoms with Crippen LogP contribution in [-0.4, -0.2) is 112 Å². The number of amides is 2. The Morgan fingerprint density at radius 3 is 2.79 bits per heavy atom. The summed E-state index contributed by atoms with van der Waals surface area (Å²) in [7, 11) is 3.70. The van der Waals surface area contributed by atoms with Crippen molar-refractivity contribution in [2.45, 2.75) is 55.6 Å². The van der Waals surface area contributed by atoms with Gasteiger partial charge in [0.2, 0.25) is 13.2 Å². The predicted octanol–water partition coefficient (Wildman–Crippen LogP) is 0.215. The van der Waals surface area contributed by atoms with E-state index < -0.39 is 6.10 Å². The Balaban J connectivity index is 1.68. The normalized spacial score (nSPS) is 18.8. The Morgan fingerprint density at radius 1 is 1.26 bits per heavy atom. The lowest BCUT2D eigenvalue weighted by atomic mass is 9.71. The molecule has 240 valence electrons. The van der Waals surface area contributed by atoms with Crippen LogP contribution in [0.5, 0.6) is 5.75 Å². The van der Waals surface area contributed by atoms with Gasteiger partial charge in [-0.3, -0.25) is 9.59 Å². The second-order valence-corrected chi connectivity index (χ2v) is 13.6. The largest absolute Gasteiger partial charge is 0.490 e. The first-order valence-corrected chi connectivity index (χ1v) is 16.4. The lowest BCUT2D eigenvalue weighted by Crippen LogP contribution is -2.29. The van der Waals surface area contributed by atoms with Crippen molar-refractivity contribution >= 4 is 40.7 Å². The molecule has 2 unspecified atom stereocenters. The van der Waals surface area contributed by atoms with E-state index in [0.717, 1.165) is 0 Å². The van der Waals surface area contributed by atoms with Crippen LogP contribution in [0, 0.1) is 11.7 Å². The molecular formula is C28H45BN4O8S2. The van der Waals surface area contributed by atoms with Crippen LogP contribution in [0.4, 0.5) is 0 Å². The van der Waals surface area contributed by atoms with Crippen LogP contribution < -0.4 is 26.8 Å². The summed E-state index contributed by atoms with van der Waals surface area (Å²) in [6, 6.07) is 6.79.